The predicted octanol–water partition coefficient (Wildman–Crippen LogP) is 1.76. The topological polar surface area (TPSA) is 43.8 Å². The molecule has 1 atom stereocenters. The zero-order valence-electron chi connectivity index (χ0n) is 9.28. The first-order chi connectivity index (χ1) is 7.33. The third kappa shape index (κ3) is 2.37. The molecule has 0 saturated carbocycles. The Morgan fingerprint density at radius 2 is 2.53 bits per heavy atom. The van der Waals surface area contributed by atoms with Gasteiger partial charge < -0.3 is 5.73 Å². The molecule has 2 N–H and O–H groups in total. The Morgan fingerprint density at radius 1 is 1.67 bits per heavy atom. The largest absolute Gasteiger partial charge is 0.330 e. The lowest BCUT2D eigenvalue weighted by molar-refractivity contribution is 0.445. The molecular formula is C11H19N3S. The zero-order chi connectivity index (χ0) is 10.7. The van der Waals surface area contributed by atoms with Crippen LogP contribution in [-0.2, 0) is 6.42 Å². The normalized spacial score (nSPS) is 21.9. The van der Waals surface area contributed by atoms with Gasteiger partial charge in [-0.2, -0.15) is 16.9 Å². The van der Waals surface area contributed by atoms with Crippen molar-refractivity contribution in [2.45, 2.75) is 32.2 Å². The van der Waals surface area contributed by atoms with Crippen molar-refractivity contribution < 1.29 is 0 Å². The van der Waals surface area contributed by atoms with E-state index >= 15 is 0 Å². The maximum Gasteiger partial charge on any atom is 0.0613 e. The second-order valence-electron chi connectivity index (χ2n) is 4.11. The molecule has 4 heteroatoms. The van der Waals surface area contributed by atoms with Crippen LogP contribution in [0.5, 0.6) is 0 Å². The Kier molecular flexibility index (Phi) is 3.70. The Labute approximate surface area is 95.4 Å². The van der Waals surface area contributed by atoms with Gasteiger partial charge in [0.2, 0.25) is 0 Å². The first kappa shape index (κ1) is 11.0. The molecule has 0 aliphatic carbocycles. The van der Waals surface area contributed by atoms with E-state index in [1.807, 2.05) is 18.0 Å². The highest BCUT2D eigenvalue weighted by atomic mass is 32.2. The molecule has 2 heterocycles. The molecule has 1 aromatic heterocycles. The van der Waals surface area contributed by atoms with E-state index in [4.69, 9.17) is 5.73 Å². The van der Waals surface area contributed by atoms with Crippen LogP contribution in [0.15, 0.2) is 6.20 Å². The average molecular weight is 225 g/mol. The molecule has 0 radical (unpaired) electrons. The van der Waals surface area contributed by atoms with E-state index in [1.165, 1.54) is 35.6 Å². The molecule has 1 saturated heterocycles. The second-order valence-corrected chi connectivity index (χ2v) is 5.26. The summed E-state index contributed by atoms with van der Waals surface area (Å²) in [5, 5.41) is 4.51. The van der Waals surface area contributed by atoms with E-state index in [0.717, 1.165) is 6.42 Å². The molecule has 1 aliphatic rings. The first-order valence-electron chi connectivity index (χ1n) is 5.63. The Balaban J connectivity index is 2.13. The van der Waals surface area contributed by atoms with Gasteiger partial charge in [0, 0.05) is 11.4 Å². The van der Waals surface area contributed by atoms with Crippen molar-refractivity contribution in [3.63, 3.8) is 0 Å². The highest BCUT2D eigenvalue weighted by Crippen LogP contribution is 2.27. The summed E-state index contributed by atoms with van der Waals surface area (Å²) in [6.07, 6.45) is 5.53. The first-order valence-corrected chi connectivity index (χ1v) is 6.79. The van der Waals surface area contributed by atoms with Crippen molar-refractivity contribution in [1.82, 2.24) is 9.78 Å². The molecule has 1 fully saturated rings. The summed E-state index contributed by atoms with van der Waals surface area (Å²) in [7, 11) is 0. The summed E-state index contributed by atoms with van der Waals surface area (Å²) in [4.78, 5) is 0. The van der Waals surface area contributed by atoms with Gasteiger partial charge in [-0.15, -0.1) is 0 Å². The third-order valence-electron chi connectivity index (χ3n) is 3.04. The van der Waals surface area contributed by atoms with Crippen LogP contribution in [0.2, 0.25) is 0 Å². The molecule has 0 aromatic carbocycles. The van der Waals surface area contributed by atoms with Crippen LogP contribution in [0.3, 0.4) is 0 Å². The molecule has 0 bridgehead atoms. The van der Waals surface area contributed by atoms with Gasteiger partial charge in [-0.25, -0.2) is 0 Å². The molecule has 15 heavy (non-hydrogen) atoms. The van der Waals surface area contributed by atoms with E-state index in [2.05, 4.69) is 16.7 Å². The van der Waals surface area contributed by atoms with Gasteiger partial charge >= 0.3 is 0 Å². The van der Waals surface area contributed by atoms with Crippen molar-refractivity contribution in [3.8, 4) is 0 Å². The van der Waals surface area contributed by atoms with Crippen molar-refractivity contribution >= 4 is 11.8 Å². The Bertz CT molecular complexity index is 316. The van der Waals surface area contributed by atoms with E-state index in [9.17, 15) is 0 Å². The zero-order valence-corrected chi connectivity index (χ0v) is 10.1. The minimum absolute atomic E-state index is 0.607. The molecule has 1 aliphatic heterocycles. The van der Waals surface area contributed by atoms with Crippen molar-refractivity contribution in [3.05, 3.63) is 17.5 Å². The maximum absolute atomic E-state index is 5.58. The fourth-order valence-corrected chi connectivity index (χ4v) is 3.26. The molecule has 1 aromatic rings. The molecule has 0 spiro atoms. The monoisotopic (exact) mass is 225 g/mol. The van der Waals surface area contributed by atoms with Crippen molar-refractivity contribution in [2.75, 3.05) is 18.1 Å². The fourth-order valence-electron chi connectivity index (χ4n) is 2.14. The summed E-state index contributed by atoms with van der Waals surface area (Å²) in [5.74, 6) is 2.52. The average Bonchev–Trinajstić information content (AvgIpc) is 2.63. The van der Waals surface area contributed by atoms with Crippen LogP contribution >= 0.6 is 11.8 Å². The minimum atomic E-state index is 0.607. The third-order valence-corrected chi connectivity index (χ3v) is 4.24. The molecule has 3 nitrogen and oxygen atoms in total. The van der Waals surface area contributed by atoms with E-state index in [0.29, 0.717) is 12.6 Å². The van der Waals surface area contributed by atoms with Crippen LogP contribution in [0, 0.1) is 6.92 Å². The number of aromatic nitrogens is 2. The van der Waals surface area contributed by atoms with Crippen molar-refractivity contribution in [1.29, 1.82) is 0 Å². The quantitative estimate of drug-likeness (QED) is 0.852. The van der Waals surface area contributed by atoms with Gasteiger partial charge in [0.05, 0.1) is 12.2 Å². The number of hydrogen-bond donors (Lipinski definition) is 1. The van der Waals surface area contributed by atoms with Crippen LogP contribution < -0.4 is 5.73 Å². The standard InChI is InChI=1S/C11H19N3S/c1-9-10(4-5-12)7-13-14(9)11-3-2-6-15-8-11/h7,11H,2-6,8,12H2,1H3. The highest BCUT2D eigenvalue weighted by molar-refractivity contribution is 7.99. The van der Waals surface area contributed by atoms with Gasteiger partial charge in [0.15, 0.2) is 0 Å². The van der Waals surface area contributed by atoms with Crippen molar-refractivity contribution in [2.24, 2.45) is 5.73 Å². The summed E-state index contributed by atoms with van der Waals surface area (Å²) < 4.78 is 2.21. The maximum atomic E-state index is 5.58. The Hall–Kier alpha value is -0.480. The lowest BCUT2D eigenvalue weighted by Crippen LogP contribution is -2.18. The van der Waals surface area contributed by atoms with Gasteiger partial charge in [-0.3, -0.25) is 4.68 Å². The predicted molar refractivity (Wildman–Crippen MR) is 65.3 cm³/mol. The Morgan fingerprint density at radius 3 is 3.20 bits per heavy atom. The molecule has 84 valence electrons. The number of hydrogen-bond acceptors (Lipinski definition) is 3. The summed E-state index contributed by atoms with van der Waals surface area (Å²) in [6, 6.07) is 0.607. The highest BCUT2D eigenvalue weighted by Gasteiger charge is 2.18. The number of nitrogens with two attached hydrogens (primary N) is 1. The molecule has 2 rings (SSSR count). The number of nitrogens with zero attached hydrogens (tertiary/aromatic N) is 2. The summed E-state index contributed by atoms with van der Waals surface area (Å²) >= 11 is 2.04. The lowest BCUT2D eigenvalue weighted by Gasteiger charge is -2.23. The smallest absolute Gasteiger partial charge is 0.0613 e. The van der Waals surface area contributed by atoms with Crippen LogP contribution in [0.1, 0.15) is 30.1 Å². The molecule has 0 amide bonds. The molecular weight excluding hydrogens is 206 g/mol. The summed E-state index contributed by atoms with van der Waals surface area (Å²) in [6.45, 7) is 2.88. The van der Waals surface area contributed by atoms with Crippen LogP contribution in [0.4, 0.5) is 0 Å². The van der Waals surface area contributed by atoms with Gasteiger partial charge in [-0.1, -0.05) is 0 Å². The lowest BCUT2D eigenvalue weighted by atomic mass is 10.1. The molecule has 1 unspecified atom stereocenters. The summed E-state index contributed by atoms with van der Waals surface area (Å²) in [5.41, 5.74) is 8.20. The second kappa shape index (κ2) is 5.03. The van der Waals surface area contributed by atoms with E-state index in [1.54, 1.807) is 0 Å². The number of thioether (sulfide) groups is 1. The van der Waals surface area contributed by atoms with E-state index < -0.39 is 0 Å². The number of rotatable bonds is 3. The van der Waals surface area contributed by atoms with Crippen LogP contribution in [0.25, 0.3) is 0 Å². The van der Waals surface area contributed by atoms with Gasteiger partial charge in [-0.05, 0) is 44.0 Å². The van der Waals surface area contributed by atoms with Crippen LogP contribution in [-0.4, -0.2) is 27.8 Å². The fraction of sp³-hybridized carbons (Fsp3) is 0.727. The SMILES string of the molecule is Cc1c(CCN)cnn1C1CCCSC1. The minimum Gasteiger partial charge on any atom is -0.330 e. The van der Waals surface area contributed by atoms with Gasteiger partial charge in [0.25, 0.3) is 0 Å². The van der Waals surface area contributed by atoms with E-state index in [-0.39, 0.29) is 0 Å². The van der Waals surface area contributed by atoms with Gasteiger partial charge in [0.1, 0.15) is 0 Å².